The lowest BCUT2D eigenvalue weighted by molar-refractivity contribution is -0.137. The molecule has 0 fully saturated rings. The molecule has 0 aromatic rings. The van der Waals surface area contributed by atoms with Crippen LogP contribution in [0.3, 0.4) is 0 Å². The number of hydrogen-bond donors (Lipinski definition) is 2. The van der Waals surface area contributed by atoms with Crippen molar-refractivity contribution in [2.45, 2.75) is 214 Å². The van der Waals surface area contributed by atoms with Crippen molar-refractivity contribution >= 4 is 17.8 Å². The van der Waals surface area contributed by atoms with E-state index < -0.39 is 23.9 Å². The van der Waals surface area contributed by atoms with Gasteiger partial charge < -0.3 is 24.6 Å². The second kappa shape index (κ2) is 36.3. The fourth-order valence-corrected chi connectivity index (χ4v) is 6.73. The van der Waals surface area contributed by atoms with Crippen molar-refractivity contribution in [2.24, 2.45) is 0 Å². The molecule has 0 saturated carbocycles. The minimum absolute atomic E-state index is 0.0832. The van der Waals surface area contributed by atoms with Gasteiger partial charge in [-0.15, -0.1) is 11.8 Å². The summed E-state index contributed by atoms with van der Waals surface area (Å²) in [5.74, 6) is 4.95. The number of ether oxygens (including phenoxy) is 3. The molecule has 1 unspecified atom stereocenters. The molecule has 1 atom stereocenters. The molecule has 0 spiro atoms. The molecule has 1 amide bonds. The molecule has 2 N–H and O–H groups in total. The number of nitrogens with one attached hydrogen (secondary N) is 1. The number of alkyl carbamates (subject to hydrolysis) is 1. The number of allylic oxidation sites excluding steroid dienone is 3. The standard InChI is InChI=1S/C48H81NO7/c1-5-7-9-11-13-15-16-17-18-19-20-21-23-25-27-29-37-49-48(53)56-43(34-35-44(50)46-45(51)40-55-47(46)52)39-54-38-36-42(4)33-30-32-41(3)31-28-26-24-22-14-12-10-8-6-2/h32,36,43,51H,5-16,19-31,33-35,37-40H2,1-4H3,(H,49,53)/b41-32-,42-36+. The van der Waals surface area contributed by atoms with Gasteiger partial charge in [-0.3, -0.25) is 4.79 Å². The molecular formula is C48H81NO7. The molecule has 0 aromatic carbocycles. The number of unbranched alkanes of at least 4 members (excludes halogenated alkanes) is 20. The van der Waals surface area contributed by atoms with Gasteiger partial charge in [0.25, 0.3) is 0 Å². The molecule has 0 aromatic heterocycles. The number of carbonyl (C=O) groups is 3. The Morgan fingerprint density at radius 2 is 1.27 bits per heavy atom. The second-order valence-corrected chi connectivity index (χ2v) is 15.8. The summed E-state index contributed by atoms with van der Waals surface area (Å²) in [7, 11) is 0. The minimum Gasteiger partial charge on any atom is -0.508 e. The van der Waals surface area contributed by atoms with Gasteiger partial charge in [0.15, 0.2) is 5.78 Å². The van der Waals surface area contributed by atoms with E-state index in [9.17, 15) is 19.5 Å². The molecular weight excluding hydrogens is 703 g/mol. The first-order chi connectivity index (χ1) is 27.3. The Bertz CT molecular complexity index is 1210. The maximum atomic E-state index is 12.7. The maximum Gasteiger partial charge on any atom is 0.407 e. The zero-order valence-electron chi connectivity index (χ0n) is 36.3. The first-order valence-electron chi connectivity index (χ1n) is 22.7. The van der Waals surface area contributed by atoms with Crippen LogP contribution >= 0.6 is 0 Å². The quantitative estimate of drug-likeness (QED) is 0.0214. The van der Waals surface area contributed by atoms with Gasteiger partial charge in [0.2, 0.25) is 0 Å². The van der Waals surface area contributed by atoms with Crippen LogP contribution in [0, 0.1) is 11.8 Å². The van der Waals surface area contributed by atoms with E-state index in [2.05, 4.69) is 50.9 Å². The highest BCUT2D eigenvalue weighted by atomic mass is 16.6. The molecule has 1 aliphatic heterocycles. The molecule has 0 radical (unpaired) electrons. The number of rotatable bonds is 36. The molecule has 8 heteroatoms. The predicted octanol–water partition coefficient (Wildman–Crippen LogP) is 12.9. The lowest BCUT2D eigenvalue weighted by atomic mass is 10.0. The van der Waals surface area contributed by atoms with Crippen molar-refractivity contribution in [2.75, 3.05) is 26.4 Å². The van der Waals surface area contributed by atoms with Gasteiger partial charge in [-0.05, 0) is 65.2 Å². The third-order valence-corrected chi connectivity index (χ3v) is 10.4. The summed E-state index contributed by atoms with van der Waals surface area (Å²) in [5.41, 5.74) is 2.38. The van der Waals surface area contributed by atoms with Gasteiger partial charge in [-0.25, -0.2) is 9.59 Å². The van der Waals surface area contributed by atoms with E-state index in [-0.39, 0.29) is 37.4 Å². The molecule has 1 rings (SSSR count). The topological polar surface area (TPSA) is 111 Å². The van der Waals surface area contributed by atoms with Gasteiger partial charge in [-0.1, -0.05) is 146 Å². The lowest BCUT2D eigenvalue weighted by Gasteiger charge is -2.18. The van der Waals surface area contributed by atoms with Crippen LogP contribution < -0.4 is 5.32 Å². The molecule has 1 heterocycles. The van der Waals surface area contributed by atoms with Crippen molar-refractivity contribution in [3.8, 4) is 11.8 Å². The number of esters is 1. The van der Waals surface area contributed by atoms with Crippen LogP contribution in [0.2, 0.25) is 0 Å². The Morgan fingerprint density at radius 1 is 0.732 bits per heavy atom. The number of carbonyl (C=O) groups excluding carboxylic acids is 3. The van der Waals surface area contributed by atoms with Crippen LogP contribution in [-0.2, 0) is 23.8 Å². The van der Waals surface area contributed by atoms with Crippen molar-refractivity contribution in [3.63, 3.8) is 0 Å². The summed E-state index contributed by atoms with van der Waals surface area (Å²) in [6.07, 6.45) is 34.9. The van der Waals surface area contributed by atoms with Gasteiger partial charge in [-0.2, -0.15) is 0 Å². The third kappa shape index (κ3) is 29.2. The van der Waals surface area contributed by atoms with Gasteiger partial charge in [0.05, 0.1) is 13.2 Å². The summed E-state index contributed by atoms with van der Waals surface area (Å²) < 4.78 is 16.3. The highest BCUT2D eigenvalue weighted by molar-refractivity contribution is 6.18. The van der Waals surface area contributed by atoms with E-state index in [1.807, 2.05) is 6.08 Å². The SMILES string of the molecule is CCCCCCCCC#CCCCCCCCCNC(=O)OC(CCC(=O)C1=C(O)COC1=O)COC/C=C(\C)CC/C=C(/C)CCCCCCCCCCC. The van der Waals surface area contributed by atoms with Crippen LogP contribution in [0.15, 0.2) is 34.6 Å². The van der Waals surface area contributed by atoms with Crippen LogP contribution in [0.25, 0.3) is 0 Å². The van der Waals surface area contributed by atoms with Crippen molar-refractivity contribution in [1.29, 1.82) is 0 Å². The van der Waals surface area contributed by atoms with Crippen molar-refractivity contribution < 1.29 is 33.7 Å². The van der Waals surface area contributed by atoms with E-state index in [4.69, 9.17) is 14.2 Å². The normalized spacial score (nSPS) is 13.8. The van der Waals surface area contributed by atoms with E-state index in [0.29, 0.717) is 13.2 Å². The molecule has 0 saturated heterocycles. The predicted molar refractivity (Wildman–Crippen MR) is 231 cm³/mol. The second-order valence-electron chi connectivity index (χ2n) is 15.8. The van der Waals surface area contributed by atoms with E-state index in [1.165, 1.54) is 127 Å². The third-order valence-electron chi connectivity index (χ3n) is 10.4. The van der Waals surface area contributed by atoms with E-state index in [1.54, 1.807) is 0 Å². The van der Waals surface area contributed by atoms with Crippen molar-refractivity contribution in [1.82, 2.24) is 5.32 Å². The van der Waals surface area contributed by atoms with Gasteiger partial charge in [0, 0.05) is 25.8 Å². The zero-order chi connectivity index (χ0) is 40.9. The van der Waals surface area contributed by atoms with Crippen LogP contribution in [0.1, 0.15) is 207 Å². The van der Waals surface area contributed by atoms with E-state index >= 15 is 0 Å². The Labute approximate surface area is 342 Å². The number of ketones is 1. The first-order valence-corrected chi connectivity index (χ1v) is 22.7. The number of cyclic esters (lactones) is 1. The Kier molecular flexibility index (Phi) is 33.0. The number of aliphatic hydroxyl groups is 1. The molecule has 8 nitrogen and oxygen atoms in total. The van der Waals surface area contributed by atoms with Crippen LogP contribution in [0.5, 0.6) is 0 Å². The zero-order valence-corrected chi connectivity index (χ0v) is 36.3. The van der Waals surface area contributed by atoms with Gasteiger partial charge >= 0.3 is 12.1 Å². The Balaban J connectivity index is 2.34. The molecule has 320 valence electrons. The highest BCUT2D eigenvalue weighted by Gasteiger charge is 2.31. The largest absolute Gasteiger partial charge is 0.508 e. The van der Waals surface area contributed by atoms with Crippen LogP contribution in [-0.4, -0.2) is 55.4 Å². The summed E-state index contributed by atoms with van der Waals surface area (Å²) in [4.78, 5) is 37.2. The molecule has 1 aliphatic rings. The Morgan fingerprint density at radius 3 is 1.84 bits per heavy atom. The minimum atomic E-state index is -0.819. The van der Waals surface area contributed by atoms with E-state index in [0.717, 1.165) is 51.4 Å². The average Bonchev–Trinajstić information content (AvgIpc) is 3.52. The molecule has 0 aliphatic carbocycles. The summed E-state index contributed by atoms with van der Waals surface area (Å²) in [6.45, 7) is 9.54. The highest BCUT2D eigenvalue weighted by Crippen LogP contribution is 2.19. The number of hydrogen-bond acceptors (Lipinski definition) is 7. The maximum absolute atomic E-state index is 12.7. The fraction of sp³-hybridized carbons (Fsp3) is 0.771. The summed E-state index contributed by atoms with van der Waals surface area (Å²) in [6, 6.07) is 0. The number of amides is 1. The summed E-state index contributed by atoms with van der Waals surface area (Å²) >= 11 is 0. The average molecular weight is 784 g/mol. The first kappa shape index (κ1) is 51.0. The molecule has 0 bridgehead atoms. The lowest BCUT2D eigenvalue weighted by Crippen LogP contribution is -2.32. The van der Waals surface area contributed by atoms with Gasteiger partial charge in [0.1, 0.15) is 24.0 Å². The number of aliphatic hydroxyl groups excluding tert-OH is 1. The Hall–Kier alpha value is -3.05. The van der Waals surface area contributed by atoms with Crippen LogP contribution in [0.4, 0.5) is 4.79 Å². The fourth-order valence-electron chi connectivity index (χ4n) is 6.73. The van der Waals surface area contributed by atoms with Crippen molar-refractivity contribution in [3.05, 3.63) is 34.6 Å². The smallest absolute Gasteiger partial charge is 0.407 e. The monoisotopic (exact) mass is 784 g/mol. The summed E-state index contributed by atoms with van der Waals surface area (Å²) in [5, 5.41) is 12.7. The number of Topliss-reactive ketones (excluding diaryl/α,β-unsaturated/α-hetero) is 1. The molecule has 56 heavy (non-hydrogen) atoms.